The van der Waals surface area contributed by atoms with E-state index in [1.54, 1.807) is 31.3 Å². The van der Waals surface area contributed by atoms with Gasteiger partial charge < -0.3 is 20.7 Å². The summed E-state index contributed by atoms with van der Waals surface area (Å²) >= 11 is 0. The minimum Gasteiger partial charge on any atom is -0.410 e. The molecule has 6 nitrogen and oxygen atoms in total. The molecule has 0 aliphatic carbocycles. The van der Waals surface area contributed by atoms with Crippen LogP contribution in [0.5, 0.6) is 5.75 Å². The van der Waals surface area contributed by atoms with Crippen LogP contribution >= 0.6 is 0 Å². The summed E-state index contributed by atoms with van der Waals surface area (Å²) in [6.07, 6.45) is -0.885. The molecule has 120 valence electrons. The predicted molar refractivity (Wildman–Crippen MR) is 88.3 cm³/mol. The maximum atomic E-state index is 12.3. The summed E-state index contributed by atoms with van der Waals surface area (Å²) in [5.74, 6) is 0.343. The lowest BCUT2D eigenvalue weighted by atomic mass is 10.2. The number of carbonyl (C=O) groups excluding carboxylic acids is 2. The zero-order valence-electron chi connectivity index (χ0n) is 13.1. The second kappa shape index (κ2) is 7.31. The normalized spacial score (nSPS) is 10.0. The van der Waals surface area contributed by atoms with Crippen molar-refractivity contribution >= 4 is 17.8 Å². The van der Waals surface area contributed by atoms with E-state index in [0.29, 0.717) is 11.3 Å². The standard InChI is InChI=1S/C17H19N3O3/c1-12-7-3-5-9-14(12)19-17(22)20(2)11-13-8-4-6-10-15(13)23-16(18)21/h3-10H,11H2,1-2H3,(H2,18,21)(H,19,22). The monoisotopic (exact) mass is 313 g/mol. The van der Waals surface area contributed by atoms with E-state index in [4.69, 9.17) is 10.5 Å². The molecule has 2 rings (SSSR count). The third-order valence-electron chi connectivity index (χ3n) is 3.32. The van der Waals surface area contributed by atoms with Gasteiger partial charge >= 0.3 is 12.1 Å². The molecule has 0 saturated carbocycles. The molecule has 3 amide bonds. The van der Waals surface area contributed by atoms with Crippen LogP contribution in [0.15, 0.2) is 48.5 Å². The van der Waals surface area contributed by atoms with Crippen molar-refractivity contribution in [3.05, 3.63) is 59.7 Å². The number of rotatable bonds is 4. The number of primary amides is 1. The Hall–Kier alpha value is -3.02. The van der Waals surface area contributed by atoms with E-state index in [0.717, 1.165) is 11.3 Å². The van der Waals surface area contributed by atoms with Crippen LogP contribution in [-0.2, 0) is 6.54 Å². The van der Waals surface area contributed by atoms with Gasteiger partial charge in [0.2, 0.25) is 0 Å². The number of amides is 3. The summed E-state index contributed by atoms with van der Waals surface area (Å²) in [7, 11) is 1.66. The van der Waals surface area contributed by atoms with E-state index in [1.165, 1.54) is 4.90 Å². The molecule has 6 heteroatoms. The second-order valence-corrected chi connectivity index (χ2v) is 5.13. The van der Waals surface area contributed by atoms with Crippen LogP contribution in [0.2, 0.25) is 0 Å². The third-order valence-corrected chi connectivity index (χ3v) is 3.32. The molecule has 0 atom stereocenters. The number of carbonyl (C=O) groups is 2. The minimum absolute atomic E-state index is 0.256. The first-order valence-corrected chi connectivity index (χ1v) is 7.10. The highest BCUT2D eigenvalue weighted by Gasteiger charge is 2.13. The van der Waals surface area contributed by atoms with E-state index >= 15 is 0 Å². The Kier molecular flexibility index (Phi) is 5.19. The van der Waals surface area contributed by atoms with Gasteiger partial charge in [0.1, 0.15) is 5.75 Å². The number of urea groups is 1. The van der Waals surface area contributed by atoms with Crippen LogP contribution in [0, 0.1) is 6.92 Å². The Morgan fingerprint density at radius 1 is 1.13 bits per heavy atom. The summed E-state index contributed by atoms with van der Waals surface area (Å²) in [4.78, 5) is 24.7. The number of nitrogens with zero attached hydrogens (tertiary/aromatic N) is 1. The average molecular weight is 313 g/mol. The fourth-order valence-electron chi connectivity index (χ4n) is 2.09. The van der Waals surface area contributed by atoms with E-state index in [1.807, 2.05) is 31.2 Å². The number of hydrogen-bond acceptors (Lipinski definition) is 3. The molecule has 0 unspecified atom stereocenters. The molecule has 3 N–H and O–H groups in total. The van der Waals surface area contributed by atoms with Crippen molar-refractivity contribution in [2.24, 2.45) is 5.73 Å². The van der Waals surface area contributed by atoms with Gasteiger partial charge in [0.05, 0.1) is 6.54 Å². The Bertz CT molecular complexity index is 716. The smallest absolute Gasteiger partial charge is 0.409 e. The Labute approximate surface area is 134 Å². The van der Waals surface area contributed by atoms with Crippen LogP contribution in [0.1, 0.15) is 11.1 Å². The van der Waals surface area contributed by atoms with Gasteiger partial charge in [0.15, 0.2) is 0 Å². The number of benzene rings is 2. The maximum Gasteiger partial charge on any atom is 0.409 e. The molecule has 0 bridgehead atoms. The summed E-state index contributed by atoms with van der Waals surface area (Å²) in [6, 6.07) is 14.2. The topological polar surface area (TPSA) is 84.7 Å². The third kappa shape index (κ3) is 4.47. The van der Waals surface area contributed by atoms with Gasteiger partial charge in [-0.15, -0.1) is 0 Å². The fraction of sp³-hybridized carbons (Fsp3) is 0.176. The highest BCUT2D eigenvalue weighted by molar-refractivity contribution is 5.90. The van der Waals surface area contributed by atoms with E-state index in [-0.39, 0.29) is 12.6 Å². The summed E-state index contributed by atoms with van der Waals surface area (Å²) in [5.41, 5.74) is 7.47. The van der Waals surface area contributed by atoms with Gasteiger partial charge in [0.25, 0.3) is 0 Å². The van der Waals surface area contributed by atoms with Crippen LogP contribution in [-0.4, -0.2) is 24.1 Å². The largest absolute Gasteiger partial charge is 0.410 e. The van der Waals surface area contributed by atoms with Crippen molar-refractivity contribution in [1.82, 2.24) is 4.90 Å². The van der Waals surface area contributed by atoms with Crippen molar-refractivity contribution in [3.8, 4) is 5.75 Å². The lowest BCUT2D eigenvalue weighted by Crippen LogP contribution is -2.31. The molecule has 23 heavy (non-hydrogen) atoms. The molecule has 0 fully saturated rings. The number of nitrogens with one attached hydrogen (secondary N) is 1. The lowest BCUT2D eigenvalue weighted by molar-refractivity contribution is 0.209. The molecule has 0 aliphatic rings. The molecule has 0 heterocycles. The molecule has 0 saturated heterocycles. The van der Waals surface area contributed by atoms with E-state index in [2.05, 4.69) is 5.32 Å². The molecule has 0 radical (unpaired) electrons. The number of anilines is 1. The van der Waals surface area contributed by atoms with E-state index < -0.39 is 6.09 Å². The zero-order chi connectivity index (χ0) is 16.8. The number of ether oxygens (including phenoxy) is 1. The molecular weight excluding hydrogens is 294 g/mol. The zero-order valence-corrected chi connectivity index (χ0v) is 13.1. The van der Waals surface area contributed by atoms with Crippen LogP contribution in [0.4, 0.5) is 15.3 Å². The Balaban J connectivity index is 2.07. The maximum absolute atomic E-state index is 12.3. The summed E-state index contributed by atoms with van der Waals surface area (Å²) in [5, 5.41) is 2.84. The van der Waals surface area contributed by atoms with Gasteiger partial charge in [0, 0.05) is 18.3 Å². The first-order chi connectivity index (χ1) is 11.0. The molecular formula is C17H19N3O3. The summed E-state index contributed by atoms with van der Waals surface area (Å²) < 4.78 is 4.94. The first-order valence-electron chi connectivity index (χ1n) is 7.10. The Morgan fingerprint density at radius 2 is 1.78 bits per heavy atom. The molecule has 2 aromatic rings. The van der Waals surface area contributed by atoms with Crippen molar-refractivity contribution < 1.29 is 14.3 Å². The van der Waals surface area contributed by atoms with Gasteiger partial charge in [-0.1, -0.05) is 36.4 Å². The minimum atomic E-state index is -0.885. The first kappa shape index (κ1) is 16.4. The predicted octanol–water partition coefficient (Wildman–Crippen LogP) is 3.12. The second-order valence-electron chi connectivity index (χ2n) is 5.13. The molecule has 0 aromatic heterocycles. The summed E-state index contributed by atoms with van der Waals surface area (Å²) in [6.45, 7) is 2.20. The number of aryl methyl sites for hydroxylation is 1. The lowest BCUT2D eigenvalue weighted by Gasteiger charge is -2.20. The number of hydrogen-bond donors (Lipinski definition) is 2. The van der Waals surface area contributed by atoms with Crippen molar-refractivity contribution in [3.63, 3.8) is 0 Å². The highest BCUT2D eigenvalue weighted by atomic mass is 16.5. The van der Waals surface area contributed by atoms with Crippen LogP contribution in [0.25, 0.3) is 0 Å². The van der Waals surface area contributed by atoms with E-state index in [9.17, 15) is 9.59 Å². The van der Waals surface area contributed by atoms with Gasteiger partial charge in [-0.2, -0.15) is 0 Å². The number of nitrogens with two attached hydrogens (primary N) is 1. The molecule has 2 aromatic carbocycles. The van der Waals surface area contributed by atoms with Crippen LogP contribution < -0.4 is 15.8 Å². The van der Waals surface area contributed by atoms with Crippen molar-refractivity contribution in [2.45, 2.75) is 13.5 Å². The average Bonchev–Trinajstić information content (AvgIpc) is 2.51. The van der Waals surface area contributed by atoms with Crippen molar-refractivity contribution in [1.29, 1.82) is 0 Å². The fourth-order valence-corrected chi connectivity index (χ4v) is 2.09. The SMILES string of the molecule is Cc1ccccc1NC(=O)N(C)Cc1ccccc1OC(N)=O. The number of para-hydroxylation sites is 2. The molecule has 0 spiro atoms. The quantitative estimate of drug-likeness (QED) is 0.909. The van der Waals surface area contributed by atoms with Gasteiger partial charge in [-0.3, -0.25) is 0 Å². The van der Waals surface area contributed by atoms with Gasteiger partial charge in [-0.25, -0.2) is 9.59 Å². The van der Waals surface area contributed by atoms with Crippen molar-refractivity contribution in [2.75, 3.05) is 12.4 Å². The molecule has 0 aliphatic heterocycles. The van der Waals surface area contributed by atoms with Gasteiger partial charge in [-0.05, 0) is 24.6 Å². The Morgan fingerprint density at radius 3 is 2.48 bits per heavy atom. The highest BCUT2D eigenvalue weighted by Crippen LogP contribution is 2.20. The van der Waals surface area contributed by atoms with Crippen LogP contribution in [0.3, 0.4) is 0 Å².